The van der Waals surface area contributed by atoms with Crippen LogP contribution in [0.5, 0.6) is 0 Å². The second-order valence-corrected chi connectivity index (χ2v) is 4.96. The molecule has 0 aromatic carbocycles. The van der Waals surface area contributed by atoms with Gasteiger partial charge in [0.25, 0.3) is 0 Å². The fourth-order valence-electron chi connectivity index (χ4n) is 1.80. The third-order valence-corrected chi connectivity index (χ3v) is 4.09. The van der Waals surface area contributed by atoms with Crippen molar-refractivity contribution in [2.45, 2.75) is 45.1 Å². The van der Waals surface area contributed by atoms with Gasteiger partial charge in [-0.25, -0.2) is 4.98 Å². The number of hydrogen-bond donors (Lipinski definition) is 1. The van der Waals surface area contributed by atoms with Crippen LogP contribution in [0.1, 0.15) is 55.8 Å². The van der Waals surface area contributed by atoms with Gasteiger partial charge in [0.1, 0.15) is 0 Å². The van der Waals surface area contributed by atoms with E-state index in [1.165, 1.54) is 30.0 Å². The Kier molecular flexibility index (Phi) is 3.19. The Balaban J connectivity index is 2.08. The van der Waals surface area contributed by atoms with Crippen LogP contribution in [0.15, 0.2) is 5.38 Å². The number of hydrogen-bond acceptors (Lipinski definition) is 3. The largest absolute Gasteiger partial charge is 0.309 e. The normalized spacial score (nSPS) is 24.0. The maximum absolute atomic E-state index is 4.72. The average molecular weight is 210 g/mol. The molecule has 14 heavy (non-hydrogen) atoms. The van der Waals surface area contributed by atoms with Crippen LogP contribution in [0.25, 0.3) is 0 Å². The standard InChI is InChI=1S/C11H18N2S/c1-3-8(2)11-13-10(7-14-11)9-5-4-6-12-9/h7-9,12H,3-6H2,1-2H3. The predicted octanol–water partition coefficient (Wildman–Crippen LogP) is 3.08. The Labute approximate surface area is 89.8 Å². The first-order valence-corrected chi connectivity index (χ1v) is 6.38. The van der Waals surface area contributed by atoms with Crippen LogP contribution in [0, 0.1) is 0 Å². The van der Waals surface area contributed by atoms with Gasteiger partial charge in [0.05, 0.1) is 16.7 Å². The van der Waals surface area contributed by atoms with Crippen LogP contribution < -0.4 is 5.32 Å². The summed E-state index contributed by atoms with van der Waals surface area (Å²) in [6.45, 7) is 5.63. The van der Waals surface area contributed by atoms with Gasteiger partial charge in [-0.05, 0) is 25.8 Å². The molecule has 0 radical (unpaired) electrons. The first kappa shape index (κ1) is 10.1. The van der Waals surface area contributed by atoms with Gasteiger partial charge < -0.3 is 5.32 Å². The van der Waals surface area contributed by atoms with E-state index < -0.39 is 0 Å². The summed E-state index contributed by atoms with van der Waals surface area (Å²) in [6.07, 6.45) is 3.73. The van der Waals surface area contributed by atoms with Crippen molar-refractivity contribution in [3.8, 4) is 0 Å². The van der Waals surface area contributed by atoms with Crippen molar-refractivity contribution in [3.05, 3.63) is 16.1 Å². The lowest BCUT2D eigenvalue weighted by molar-refractivity contribution is 0.623. The Morgan fingerprint density at radius 3 is 3.21 bits per heavy atom. The minimum atomic E-state index is 0.532. The lowest BCUT2D eigenvalue weighted by Crippen LogP contribution is -2.13. The summed E-state index contributed by atoms with van der Waals surface area (Å²) >= 11 is 1.82. The summed E-state index contributed by atoms with van der Waals surface area (Å²) in [5, 5.41) is 7.02. The summed E-state index contributed by atoms with van der Waals surface area (Å²) in [5.41, 5.74) is 1.27. The van der Waals surface area contributed by atoms with Crippen LogP contribution in [-0.2, 0) is 0 Å². The predicted molar refractivity (Wildman–Crippen MR) is 60.8 cm³/mol. The number of aromatic nitrogens is 1. The molecule has 78 valence electrons. The highest BCUT2D eigenvalue weighted by atomic mass is 32.1. The molecule has 1 aliphatic heterocycles. The molecular formula is C11H18N2S. The van der Waals surface area contributed by atoms with Crippen LogP contribution in [-0.4, -0.2) is 11.5 Å². The molecule has 2 unspecified atom stereocenters. The van der Waals surface area contributed by atoms with Crippen molar-refractivity contribution < 1.29 is 0 Å². The highest BCUT2D eigenvalue weighted by Gasteiger charge is 2.19. The van der Waals surface area contributed by atoms with E-state index in [1.807, 2.05) is 11.3 Å². The molecule has 0 saturated carbocycles. The van der Waals surface area contributed by atoms with Gasteiger partial charge in [-0.2, -0.15) is 0 Å². The Morgan fingerprint density at radius 2 is 2.57 bits per heavy atom. The van der Waals surface area contributed by atoms with E-state index in [1.54, 1.807) is 0 Å². The fourth-order valence-corrected chi connectivity index (χ4v) is 2.81. The van der Waals surface area contributed by atoms with Crippen LogP contribution >= 0.6 is 11.3 Å². The lowest BCUT2D eigenvalue weighted by Gasteiger charge is -2.06. The van der Waals surface area contributed by atoms with E-state index in [2.05, 4.69) is 24.5 Å². The average Bonchev–Trinajstić information content (AvgIpc) is 2.86. The number of thiazole rings is 1. The first-order valence-electron chi connectivity index (χ1n) is 5.50. The van der Waals surface area contributed by atoms with Gasteiger partial charge in [0.2, 0.25) is 0 Å². The molecule has 1 fully saturated rings. The van der Waals surface area contributed by atoms with E-state index >= 15 is 0 Å². The maximum Gasteiger partial charge on any atom is 0.0957 e. The molecule has 2 rings (SSSR count). The Morgan fingerprint density at radius 1 is 1.71 bits per heavy atom. The molecule has 2 atom stereocenters. The molecule has 1 aromatic heterocycles. The molecule has 0 amide bonds. The summed E-state index contributed by atoms with van der Waals surface area (Å²) < 4.78 is 0. The topological polar surface area (TPSA) is 24.9 Å². The molecule has 1 aromatic rings. The van der Waals surface area contributed by atoms with Crippen molar-refractivity contribution in [2.24, 2.45) is 0 Å². The van der Waals surface area contributed by atoms with Gasteiger partial charge in [-0.15, -0.1) is 11.3 Å². The highest BCUT2D eigenvalue weighted by Crippen LogP contribution is 2.28. The number of nitrogens with zero attached hydrogens (tertiary/aromatic N) is 1. The fraction of sp³-hybridized carbons (Fsp3) is 0.727. The third-order valence-electron chi connectivity index (χ3n) is 2.99. The van der Waals surface area contributed by atoms with Gasteiger partial charge in [0.15, 0.2) is 0 Å². The van der Waals surface area contributed by atoms with E-state index in [4.69, 9.17) is 4.98 Å². The zero-order chi connectivity index (χ0) is 9.97. The minimum Gasteiger partial charge on any atom is -0.309 e. The quantitative estimate of drug-likeness (QED) is 0.829. The maximum atomic E-state index is 4.72. The van der Waals surface area contributed by atoms with Gasteiger partial charge in [0, 0.05) is 11.3 Å². The third kappa shape index (κ3) is 1.98. The zero-order valence-electron chi connectivity index (χ0n) is 8.92. The van der Waals surface area contributed by atoms with Gasteiger partial charge in [-0.1, -0.05) is 13.8 Å². The summed E-state index contributed by atoms with van der Waals surface area (Å²) in [4.78, 5) is 4.72. The molecule has 0 aliphatic carbocycles. The van der Waals surface area contributed by atoms with Crippen molar-refractivity contribution >= 4 is 11.3 Å². The van der Waals surface area contributed by atoms with E-state index in [0.29, 0.717) is 12.0 Å². The van der Waals surface area contributed by atoms with Crippen molar-refractivity contribution in [2.75, 3.05) is 6.54 Å². The van der Waals surface area contributed by atoms with E-state index in [-0.39, 0.29) is 0 Å². The smallest absolute Gasteiger partial charge is 0.0957 e. The molecule has 3 heteroatoms. The van der Waals surface area contributed by atoms with Crippen molar-refractivity contribution in [1.82, 2.24) is 10.3 Å². The SMILES string of the molecule is CCC(C)c1nc(C2CCCN2)cs1. The molecule has 1 N–H and O–H groups in total. The number of rotatable bonds is 3. The monoisotopic (exact) mass is 210 g/mol. The second-order valence-electron chi connectivity index (χ2n) is 4.07. The molecule has 2 nitrogen and oxygen atoms in total. The molecule has 0 spiro atoms. The molecule has 1 saturated heterocycles. The summed E-state index contributed by atoms with van der Waals surface area (Å²) in [6, 6.07) is 0.532. The van der Waals surface area contributed by atoms with Gasteiger partial charge in [-0.3, -0.25) is 0 Å². The lowest BCUT2D eigenvalue weighted by atomic mass is 10.1. The summed E-state index contributed by atoms with van der Waals surface area (Å²) in [5.74, 6) is 0.621. The molecular weight excluding hydrogens is 192 g/mol. The van der Waals surface area contributed by atoms with E-state index in [9.17, 15) is 0 Å². The molecule has 1 aliphatic rings. The summed E-state index contributed by atoms with van der Waals surface area (Å²) in [7, 11) is 0. The van der Waals surface area contributed by atoms with Crippen molar-refractivity contribution in [3.63, 3.8) is 0 Å². The second kappa shape index (κ2) is 4.41. The first-order chi connectivity index (χ1) is 6.81. The van der Waals surface area contributed by atoms with Gasteiger partial charge >= 0.3 is 0 Å². The van der Waals surface area contributed by atoms with Crippen LogP contribution in [0.3, 0.4) is 0 Å². The van der Waals surface area contributed by atoms with E-state index in [0.717, 1.165) is 6.54 Å². The van der Waals surface area contributed by atoms with Crippen molar-refractivity contribution in [1.29, 1.82) is 0 Å². The highest BCUT2D eigenvalue weighted by molar-refractivity contribution is 7.09. The zero-order valence-corrected chi connectivity index (χ0v) is 9.73. The Bertz CT molecular complexity index is 289. The van der Waals surface area contributed by atoms with Crippen LogP contribution in [0.2, 0.25) is 0 Å². The minimum absolute atomic E-state index is 0.532. The number of nitrogens with one attached hydrogen (secondary N) is 1. The molecule has 2 heterocycles. The van der Waals surface area contributed by atoms with Crippen LogP contribution in [0.4, 0.5) is 0 Å². The molecule has 0 bridgehead atoms. The Hall–Kier alpha value is -0.410.